The highest BCUT2D eigenvalue weighted by Gasteiger charge is 2.44. The van der Waals surface area contributed by atoms with Gasteiger partial charge in [0.2, 0.25) is 0 Å². The summed E-state index contributed by atoms with van der Waals surface area (Å²) in [6.07, 6.45) is 21.7. The molecule has 87 heavy (non-hydrogen) atoms. The van der Waals surface area contributed by atoms with E-state index in [0.29, 0.717) is 155 Å². The Balaban J connectivity index is 1.83. The van der Waals surface area contributed by atoms with Gasteiger partial charge in [-0.05, 0) is 195 Å². The molecule has 0 saturated carbocycles. The van der Waals surface area contributed by atoms with Crippen LogP contribution >= 0.6 is 0 Å². The van der Waals surface area contributed by atoms with Crippen molar-refractivity contribution in [2.45, 2.75) is 296 Å². The predicted octanol–water partition coefficient (Wildman–Crippen LogP) is 12.1. The van der Waals surface area contributed by atoms with Crippen molar-refractivity contribution in [3.63, 3.8) is 0 Å². The summed E-state index contributed by atoms with van der Waals surface area (Å²) in [6.45, 7) is 13.4. The minimum atomic E-state index is -0.443. The van der Waals surface area contributed by atoms with Gasteiger partial charge in [-0.1, -0.05) is 13.3 Å². The van der Waals surface area contributed by atoms with Gasteiger partial charge in [-0.3, -0.25) is 52.8 Å². The van der Waals surface area contributed by atoms with Crippen molar-refractivity contribution in [1.29, 1.82) is 0 Å². The Bertz CT molecular complexity index is 1920. The molecule has 0 atom stereocenters. The molecule has 0 amide bonds. The lowest BCUT2D eigenvalue weighted by Crippen LogP contribution is -2.60. The van der Waals surface area contributed by atoms with Gasteiger partial charge < -0.3 is 47.4 Å². The summed E-state index contributed by atoms with van der Waals surface area (Å²) in [5.74, 6) is -2.92. The number of likely N-dealkylation sites (tertiary alicyclic amines) is 1. The summed E-state index contributed by atoms with van der Waals surface area (Å²) in [7, 11) is 2.09. The summed E-state index contributed by atoms with van der Waals surface area (Å²) in [4.78, 5) is 123. The quantitative estimate of drug-likeness (QED) is 0.0311. The number of hydrogen-bond acceptors (Lipinski definition) is 21. The van der Waals surface area contributed by atoms with Crippen molar-refractivity contribution < 1.29 is 95.3 Å². The number of carbonyl (C=O) groups excluding carboxylic acids is 10. The van der Waals surface area contributed by atoms with Crippen molar-refractivity contribution in [3.05, 3.63) is 0 Å². The van der Waals surface area contributed by atoms with Gasteiger partial charge in [0.15, 0.2) is 0 Å². The monoisotopic (exact) mass is 1240 g/mol. The molecule has 1 aliphatic rings. The summed E-state index contributed by atoms with van der Waals surface area (Å²) in [5, 5.41) is 0. The number of nitrogens with zero attached hydrogens (tertiary/aromatic N) is 1. The van der Waals surface area contributed by atoms with Crippen LogP contribution in [0, 0.1) is 0 Å². The van der Waals surface area contributed by atoms with Crippen LogP contribution in [0.1, 0.15) is 279 Å². The van der Waals surface area contributed by atoms with E-state index in [2.05, 4.69) is 39.6 Å². The van der Waals surface area contributed by atoms with Crippen LogP contribution in [0.2, 0.25) is 0 Å². The maximum absolute atomic E-state index is 12.4. The van der Waals surface area contributed by atoms with E-state index in [1.54, 1.807) is 0 Å². The first-order chi connectivity index (χ1) is 41.7. The molecule has 0 aliphatic carbocycles. The molecule has 21 nitrogen and oxygen atoms in total. The third kappa shape index (κ3) is 47.4. The van der Waals surface area contributed by atoms with Crippen LogP contribution in [-0.2, 0) is 95.3 Å². The van der Waals surface area contributed by atoms with Crippen molar-refractivity contribution in [1.82, 2.24) is 4.90 Å². The second kappa shape index (κ2) is 51.5. The van der Waals surface area contributed by atoms with E-state index < -0.39 is 5.97 Å². The summed E-state index contributed by atoms with van der Waals surface area (Å²) in [6, 6.07) is 0. The number of piperidine rings is 1. The van der Waals surface area contributed by atoms with Gasteiger partial charge >= 0.3 is 59.7 Å². The maximum atomic E-state index is 12.4. The topological polar surface area (TPSA) is 266 Å². The molecule has 1 heterocycles. The molecule has 1 fully saturated rings. The molecule has 21 heteroatoms. The lowest BCUT2D eigenvalue weighted by molar-refractivity contribution is -0.161. The molecule has 0 aromatic rings. The summed E-state index contributed by atoms with van der Waals surface area (Å²) >= 11 is 0. The van der Waals surface area contributed by atoms with Crippen molar-refractivity contribution in [3.8, 4) is 0 Å². The Morgan fingerprint density at radius 2 is 0.460 bits per heavy atom. The maximum Gasteiger partial charge on any atom is 0.306 e. The van der Waals surface area contributed by atoms with Gasteiger partial charge in [0.05, 0.1) is 72.3 Å². The number of esters is 10. The minimum Gasteiger partial charge on any atom is -0.466 e. The Hall–Kier alpha value is -5.34. The zero-order valence-electron chi connectivity index (χ0n) is 54.4. The van der Waals surface area contributed by atoms with Crippen LogP contribution in [0.4, 0.5) is 0 Å². The number of carbonyl (C=O) groups is 10. The van der Waals surface area contributed by atoms with Crippen LogP contribution in [-0.4, -0.2) is 148 Å². The van der Waals surface area contributed by atoms with Gasteiger partial charge in [0.25, 0.3) is 0 Å². The average Bonchev–Trinajstić information content (AvgIpc) is 1.04. The molecule has 0 unspecified atom stereocenters. The fraction of sp³-hybridized carbons (Fsp3) is 0.848. The predicted molar refractivity (Wildman–Crippen MR) is 326 cm³/mol. The Kier molecular flexibility index (Phi) is 47.2. The molecule has 0 aromatic heterocycles. The first-order valence-electron chi connectivity index (χ1n) is 33.1. The third-order valence-electron chi connectivity index (χ3n) is 15.2. The normalized spacial score (nSPS) is 13.6. The molecule has 0 aromatic carbocycles. The number of rotatable bonds is 55. The highest BCUT2D eigenvalue weighted by molar-refractivity contribution is 5.78. The van der Waals surface area contributed by atoms with Crippen molar-refractivity contribution in [2.75, 3.05) is 66.5 Å². The van der Waals surface area contributed by atoms with E-state index in [-0.39, 0.29) is 149 Å². The van der Waals surface area contributed by atoms with E-state index in [1.165, 1.54) is 0 Å². The third-order valence-corrected chi connectivity index (χ3v) is 15.2. The van der Waals surface area contributed by atoms with E-state index in [0.717, 1.165) is 70.6 Å². The molecular formula is C66H113NO20. The molecule has 1 rings (SSSR count). The van der Waals surface area contributed by atoms with Gasteiger partial charge in [-0.2, -0.15) is 0 Å². The minimum absolute atomic E-state index is 0.0176. The van der Waals surface area contributed by atoms with E-state index in [9.17, 15) is 47.9 Å². The SMILES string of the molecule is CCCCOC(=O)CCCCCOC(=O)CCCCCOC(=O)CCCCCOC(=O)CCCCCOC(=O)CCCCCOC(=O)CCCCCOC(=O)CCCCCOC(=O)CCCCCOC(=O)CCC(=O)OC1CC(C)(C)N(C)C(C)(C)C1. The number of unbranched alkanes of at least 4 members (excludes halogenated alkanes) is 17. The smallest absolute Gasteiger partial charge is 0.306 e. The highest BCUT2D eigenvalue weighted by atomic mass is 16.6. The molecular weight excluding hydrogens is 1130 g/mol. The molecule has 502 valence electrons. The standard InChI is InChI=1S/C66H113NO20/c1-7-8-43-78-55(68)33-17-9-25-44-79-56(69)34-18-10-26-45-80-57(70)35-19-11-27-46-81-58(71)36-20-12-28-47-82-59(72)37-21-13-29-48-83-60(73)38-22-14-30-49-84-61(74)39-23-15-31-50-85-62(75)40-24-16-32-51-86-63(76)41-42-64(77)87-54-52-65(2,3)67(6)66(4,5)53-54/h54H,7-53H2,1-6H3. The van der Waals surface area contributed by atoms with E-state index >= 15 is 0 Å². The highest BCUT2D eigenvalue weighted by Crippen LogP contribution is 2.38. The Morgan fingerprint density at radius 1 is 0.276 bits per heavy atom. The molecule has 0 N–H and O–H groups in total. The number of hydrogen-bond donors (Lipinski definition) is 0. The molecule has 0 spiro atoms. The van der Waals surface area contributed by atoms with Gasteiger partial charge in [-0.15, -0.1) is 0 Å². The molecule has 1 aliphatic heterocycles. The van der Waals surface area contributed by atoms with Crippen LogP contribution in [0.15, 0.2) is 0 Å². The second-order valence-corrected chi connectivity index (χ2v) is 24.0. The van der Waals surface area contributed by atoms with E-state index in [4.69, 9.17) is 47.4 Å². The van der Waals surface area contributed by atoms with Crippen molar-refractivity contribution in [2.24, 2.45) is 0 Å². The van der Waals surface area contributed by atoms with Gasteiger partial charge in [0.1, 0.15) is 6.10 Å². The summed E-state index contributed by atoms with van der Waals surface area (Å²) < 4.78 is 53.1. The Morgan fingerprint density at radius 3 is 0.667 bits per heavy atom. The molecule has 0 radical (unpaired) electrons. The second-order valence-electron chi connectivity index (χ2n) is 24.0. The van der Waals surface area contributed by atoms with Gasteiger partial charge in [-0.25, -0.2) is 0 Å². The lowest BCUT2D eigenvalue weighted by atomic mass is 9.79. The summed E-state index contributed by atoms with van der Waals surface area (Å²) in [5.41, 5.74) is -0.212. The largest absolute Gasteiger partial charge is 0.466 e. The lowest BCUT2D eigenvalue weighted by Gasteiger charge is -2.53. The molecule has 0 bridgehead atoms. The average molecular weight is 1240 g/mol. The van der Waals surface area contributed by atoms with Crippen molar-refractivity contribution >= 4 is 59.7 Å². The van der Waals surface area contributed by atoms with Crippen LogP contribution in [0.25, 0.3) is 0 Å². The van der Waals surface area contributed by atoms with Crippen LogP contribution in [0.5, 0.6) is 0 Å². The number of ether oxygens (including phenoxy) is 10. The van der Waals surface area contributed by atoms with Gasteiger partial charge in [0, 0.05) is 75.3 Å². The zero-order chi connectivity index (χ0) is 64.2. The van der Waals surface area contributed by atoms with E-state index in [1.807, 2.05) is 6.92 Å². The van der Waals surface area contributed by atoms with Crippen LogP contribution in [0.3, 0.4) is 0 Å². The molecule has 1 saturated heterocycles. The van der Waals surface area contributed by atoms with Crippen LogP contribution < -0.4 is 0 Å². The first kappa shape index (κ1) is 79.7. The fourth-order valence-corrected chi connectivity index (χ4v) is 9.67. The zero-order valence-corrected chi connectivity index (χ0v) is 54.4. The Labute approximate surface area is 520 Å². The first-order valence-corrected chi connectivity index (χ1v) is 33.1. The fourth-order valence-electron chi connectivity index (χ4n) is 9.67.